The smallest absolute Gasteiger partial charge is 0.320 e. The van der Waals surface area contributed by atoms with Crippen molar-refractivity contribution in [3.8, 4) is 0 Å². The Kier molecular flexibility index (Phi) is 5.01. The summed E-state index contributed by atoms with van der Waals surface area (Å²) in [6.07, 6.45) is 6.65. The Morgan fingerprint density at radius 2 is 2.11 bits per heavy atom. The minimum Gasteiger partial charge on any atom is -0.480 e. The molecule has 2 rings (SSSR count). The number of aliphatic carboxylic acids is 1. The summed E-state index contributed by atoms with van der Waals surface area (Å²) in [5.74, 6) is 0.120. The minimum atomic E-state index is -0.644. The molecule has 2 saturated heterocycles. The van der Waals surface area contributed by atoms with Crippen LogP contribution < -0.4 is 5.32 Å². The van der Waals surface area contributed by atoms with Crippen molar-refractivity contribution in [2.75, 3.05) is 19.6 Å². The second-order valence-corrected chi connectivity index (χ2v) is 5.72. The second kappa shape index (κ2) is 6.53. The summed E-state index contributed by atoms with van der Waals surface area (Å²) in [4.78, 5) is 13.5. The van der Waals surface area contributed by atoms with Crippen LogP contribution in [0.1, 0.15) is 45.4 Å². The molecule has 0 spiro atoms. The first-order valence-corrected chi connectivity index (χ1v) is 7.42. The maximum absolute atomic E-state index is 11.3. The van der Waals surface area contributed by atoms with E-state index in [1.807, 2.05) is 0 Å². The highest BCUT2D eigenvalue weighted by atomic mass is 16.4. The molecule has 0 radical (unpaired) electrons. The van der Waals surface area contributed by atoms with Gasteiger partial charge in [0.15, 0.2) is 0 Å². The monoisotopic (exact) mass is 254 g/mol. The molecule has 0 aromatic heterocycles. The van der Waals surface area contributed by atoms with Crippen molar-refractivity contribution in [2.45, 2.75) is 57.5 Å². The molecule has 2 heterocycles. The number of rotatable bonds is 5. The van der Waals surface area contributed by atoms with Gasteiger partial charge < -0.3 is 10.4 Å². The molecule has 0 aromatic carbocycles. The standard InChI is InChI=1S/C14H26N2O2/c1-2-4-13(14(17)18)16-9-6-11(7-10-16)12-5-3-8-15-12/h11-13,15H,2-10H2,1H3,(H,17,18). The number of carboxylic acid groups (broad SMARTS) is 1. The molecule has 2 N–H and O–H groups in total. The summed E-state index contributed by atoms with van der Waals surface area (Å²) in [6, 6.07) is 0.439. The lowest BCUT2D eigenvalue weighted by atomic mass is 9.88. The van der Waals surface area contributed by atoms with Gasteiger partial charge in [-0.05, 0) is 57.7 Å². The van der Waals surface area contributed by atoms with Crippen LogP contribution >= 0.6 is 0 Å². The summed E-state index contributed by atoms with van der Waals surface area (Å²) in [6.45, 7) is 5.14. The average Bonchev–Trinajstić information content (AvgIpc) is 2.90. The number of likely N-dealkylation sites (tertiary alicyclic amines) is 1. The molecular formula is C14H26N2O2. The Labute approximate surface area is 110 Å². The maximum atomic E-state index is 11.3. The molecule has 0 amide bonds. The third-order valence-corrected chi connectivity index (χ3v) is 4.53. The summed E-state index contributed by atoms with van der Waals surface area (Å²) in [7, 11) is 0. The van der Waals surface area contributed by atoms with E-state index in [0.29, 0.717) is 6.04 Å². The van der Waals surface area contributed by atoms with Crippen molar-refractivity contribution in [3.63, 3.8) is 0 Å². The molecule has 104 valence electrons. The van der Waals surface area contributed by atoms with Crippen LogP contribution in [0, 0.1) is 5.92 Å². The number of hydrogen-bond donors (Lipinski definition) is 2. The molecule has 2 atom stereocenters. The summed E-state index contributed by atoms with van der Waals surface area (Å²) < 4.78 is 0. The van der Waals surface area contributed by atoms with Crippen LogP contribution in [-0.4, -0.2) is 47.7 Å². The Hall–Kier alpha value is -0.610. The van der Waals surface area contributed by atoms with Gasteiger partial charge >= 0.3 is 5.97 Å². The van der Waals surface area contributed by atoms with Crippen LogP contribution in [-0.2, 0) is 4.79 Å². The minimum absolute atomic E-state index is 0.257. The van der Waals surface area contributed by atoms with E-state index in [4.69, 9.17) is 0 Å². The SMILES string of the molecule is CCCC(C(=O)O)N1CCC(C2CCCN2)CC1. The van der Waals surface area contributed by atoms with E-state index < -0.39 is 5.97 Å². The zero-order valence-electron chi connectivity index (χ0n) is 11.4. The molecule has 2 fully saturated rings. The number of nitrogens with zero attached hydrogens (tertiary/aromatic N) is 1. The molecule has 2 aliphatic rings. The van der Waals surface area contributed by atoms with Gasteiger partial charge in [-0.3, -0.25) is 9.69 Å². The van der Waals surface area contributed by atoms with Crippen molar-refractivity contribution in [2.24, 2.45) is 5.92 Å². The van der Waals surface area contributed by atoms with Crippen LogP contribution in [0.2, 0.25) is 0 Å². The Bertz CT molecular complexity index is 269. The van der Waals surface area contributed by atoms with E-state index in [-0.39, 0.29) is 6.04 Å². The lowest BCUT2D eigenvalue weighted by molar-refractivity contribution is -0.144. The molecule has 2 aliphatic heterocycles. The molecule has 0 aromatic rings. The zero-order chi connectivity index (χ0) is 13.0. The first-order valence-electron chi connectivity index (χ1n) is 7.42. The number of nitrogens with one attached hydrogen (secondary N) is 1. The van der Waals surface area contributed by atoms with Crippen LogP contribution in [0.15, 0.2) is 0 Å². The zero-order valence-corrected chi connectivity index (χ0v) is 11.4. The predicted molar refractivity (Wildman–Crippen MR) is 71.7 cm³/mol. The molecular weight excluding hydrogens is 228 g/mol. The van der Waals surface area contributed by atoms with Crippen molar-refractivity contribution in [3.05, 3.63) is 0 Å². The van der Waals surface area contributed by atoms with Gasteiger partial charge in [0.05, 0.1) is 0 Å². The van der Waals surface area contributed by atoms with Gasteiger partial charge in [0.2, 0.25) is 0 Å². The van der Waals surface area contributed by atoms with E-state index in [2.05, 4.69) is 17.1 Å². The van der Waals surface area contributed by atoms with Gasteiger partial charge in [0.25, 0.3) is 0 Å². The number of carbonyl (C=O) groups is 1. The first kappa shape index (κ1) is 13.8. The molecule has 4 heteroatoms. The highest BCUT2D eigenvalue weighted by Gasteiger charge is 2.32. The quantitative estimate of drug-likeness (QED) is 0.784. The van der Waals surface area contributed by atoms with Gasteiger partial charge in [0, 0.05) is 6.04 Å². The average molecular weight is 254 g/mol. The second-order valence-electron chi connectivity index (χ2n) is 5.72. The van der Waals surface area contributed by atoms with Gasteiger partial charge in [0.1, 0.15) is 6.04 Å². The van der Waals surface area contributed by atoms with Crippen molar-refractivity contribution < 1.29 is 9.90 Å². The number of piperidine rings is 1. The fourth-order valence-corrected chi connectivity index (χ4v) is 3.48. The predicted octanol–water partition coefficient (Wildman–Crippen LogP) is 1.70. The van der Waals surface area contributed by atoms with Crippen LogP contribution in [0.5, 0.6) is 0 Å². The molecule has 0 aliphatic carbocycles. The largest absolute Gasteiger partial charge is 0.480 e. The molecule has 4 nitrogen and oxygen atoms in total. The van der Waals surface area contributed by atoms with E-state index >= 15 is 0 Å². The molecule has 0 saturated carbocycles. The van der Waals surface area contributed by atoms with Crippen molar-refractivity contribution >= 4 is 5.97 Å². The highest BCUT2D eigenvalue weighted by molar-refractivity contribution is 5.73. The lowest BCUT2D eigenvalue weighted by Gasteiger charge is -2.37. The fourth-order valence-electron chi connectivity index (χ4n) is 3.48. The van der Waals surface area contributed by atoms with Crippen molar-refractivity contribution in [1.29, 1.82) is 0 Å². The maximum Gasteiger partial charge on any atom is 0.320 e. The topological polar surface area (TPSA) is 52.6 Å². The van der Waals surface area contributed by atoms with Gasteiger partial charge in [-0.2, -0.15) is 0 Å². The fraction of sp³-hybridized carbons (Fsp3) is 0.929. The summed E-state index contributed by atoms with van der Waals surface area (Å²) in [5, 5.41) is 12.9. The van der Waals surface area contributed by atoms with Gasteiger partial charge in [-0.25, -0.2) is 0 Å². The summed E-state index contributed by atoms with van der Waals surface area (Å²) >= 11 is 0. The Morgan fingerprint density at radius 3 is 2.61 bits per heavy atom. The summed E-state index contributed by atoms with van der Waals surface area (Å²) in [5.41, 5.74) is 0. The third kappa shape index (κ3) is 3.23. The van der Waals surface area contributed by atoms with E-state index in [1.165, 1.54) is 19.4 Å². The van der Waals surface area contributed by atoms with Gasteiger partial charge in [-0.15, -0.1) is 0 Å². The van der Waals surface area contributed by atoms with E-state index in [9.17, 15) is 9.90 Å². The third-order valence-electron chi connectivity index (χ3n) is 4.53. The van der Waals surface area contributed by atoms with Crippen LogP contribution in [0.25, 0.3) is 0 Å². The normalized spacial score (nSPS) is 28.4. The number of carboxylic acids is 1. The highest BCUT2D eigenvalue weighted by Crippen LogP contribution is 2.27. The molecule has 2 unspecified atom stereocenters. The van der Waals surface area contributed by atoms with Gasteiger partial charge in [-0.1, -0.05) is 13.3 Å². The Morgan fingerprint density at radius 1 is 1.39 bits per heavy atom. The lowest BCUT2D eigenvalue weighted by Crippen LogP contribution is -2.48. The molecule has 18 heavy (non-hydrogen) atoms. The Balaban J connectivity index is 1.82. The van der Waals surface area contributed by atoms with Crippen molar-refractivity contribution in [1.82, 2.24) is 10.2 Å². The first-order chi connectivity index (χ1) is 8.72. The van der Waals surface area contributed by atoms with E-state index in [1.54, 1.807) is 0 Å². The van der Waals surface area contributed by atoms with Crippen LogP contribution in [0.3, 0.4) is 0 Å². The van der Waals surface area contributed by atoms with Crippen LogP contribution in [0.4, 0.5) is 0 Å². The number of hydrogen-bond acceptors (Lipinski definition) is 3. The molecule has 0 bridgehead atoms. The van der Waals surface area contributed by atoms with E-state index in [0.717, 1.165) is 44.7 Å².